The van der Waals surface area contributed by atoms with Crippen LogP contribution in [0.5, 0.6) is 0 Å². The molecule has 0 bridgehead atoms. The van der Waals surface area contributed by atoms with Crippen LogP contribution in [-0.4, -0.2) is 120 Å². The summed E-state index contributed by atoms with van der Waals surface area (Å²) in [4.78, 5) is 60.6. The second kappa shape index (κ2) is 17.2. The Kier molecular flexibility index (Phi) is 13.2. The Morgan fingerprint density at radius 3 is 2.41 bits per heavy atom. The highest BCUT2D eigenvalue weighted by molar-refractivity contribution is 6.06. The third kappa shape index (κ3) is 8.60. The van der Waals surface area contributed by atoms with Crippen LogP contribution in [0, 0.1) is 35.5 Å². The summed E-state index contributed by atoms with van der Waals surface area (Å²) in [7, 11) is 3.54. The molecule has 0 radical (unpaired) electrons. The molecule has 1 aromatic heterocycles. The lowest BCUT2D eigenvalue weighted by molar-refractivity contribution is -0.282. The van der Waals surface area contributed by atoms with Crippen molar-refractivity contribution in [3.05, 3.63) is 42.1 Å². The van der Waals surface area contributed by atoms with E-state index in [-0.39, 0.29) is 13.0 Å². The molecule has 0 saturated carbocycles. The van der Waals surface area contributed by atoms with Gasteiger partial charge in [0.2, 0.25) is 5.78 Å². The van der Waals surface area contributed by atoms with Crippen molar-refractivity contribution in [1.29, 1.82) is 0 Å². The lowest BCUT2D eigenvalue weighted by Gasteiger charge is -2.45. The summed E-state index contributed by atoms with van der Waals surface area (Å²) in [6.07, 6.45) is -6.12. The number of esters is 1. The standard InChI is InChI=1S/C41H53F2N3O10/c1-10-30-40(7)35(45-39(51)56-40)23(4)31(47)22(3)33(52-17-13-14-26-19-27-15-11-12-16-28(27)44-20-26)24(5)34(25(6)36(49)41(42,43)38(50)54-30)55-37-32(48)29(46(8)9)18-21(2)53-37/h11-12,15-16,19-25,29-30,32-35,37,48H,10,17-18H2,1-9H3,(H,45,51)/t21-,22+,23-,24-,25-,29+,30+,32-,33+,34+,35?,37+,40-/m1/s1. The number of aliphatic hydroxyl groups excluding tert-OH is 1. The maximum absolute atomic E-state index is 16.1. The van der Waals surface area contributed by atoms with Crippen LogP contribution in [-0.2, 0) is 38.1 Å². The van der Waals surface area contributed by atoms with Crippen LogP contribution in [0.4, 0.5) is 13.6 Å². The van der Waals surface area contributed by atoms with Gasteiger partial charge in [-0.2, -0.15) is 8.78 Å². The van der Waals surface area contributed by atoms with Gasteiger partial charge in [0, 0.05) is 46.9 Å². The number of ketones is 2. The number of hydrogen-bond donors (Lipinski definition) is 2. The number of nitrogens with zero attached hydrogens (tertiary/aromatic N) is 2. The van der Waals surface area contributed by atoms with Crippen LogP contribution in [0.25, 0.3) is 10.9 Å². The number of ether oxygens (including phenoxy) is 5. The molecule has 3 fully saturated rings. The van der Waals surface area contributed by atoms with Crippen molar-refractivity contribution in [3.63, 3.8) is 0 Å². The number of para-hydroxylation sites is 1. The number of hydrogen-bond acceptors (Lipinski definition) is 12. The molecule has 306 valence electrons. The molecule has 0 aliphatic carbocycles. The molecular weight excluding hydrogens is 732 g/mol. The summed E-state index contributed by atoms with van der Waals surface area (Å²) in [6.45, 7) is 10.4. The Morgan fingerprint density at radius 1 is 1.04 bits per heavy atom. The largest absolute Gasteiger partial charge is 0.453 e. The van der Waals surface area contributed by atoms with E-state index >= 15 is 8.78 Å². The summed E-state index contributed by atoms with van der Waals surface area (Å²) in [5.74, 6) is -7.82. The maximum atomic E-state index is 16.1. The number of likely N-dealkylation sites (N-methyl/N-ethyl adjacent to an activating group) is 1. The summed E-state index contributed by atoms with van der Waals surface area (Å²) in [6, 6.07) is 7.84. The predicted molar refractivity (Wildman–Crippen MR) is 199 cm³/mol. The fourth-order valence-corrected chi connectivity index (χ4v) is 8.40. The molecule has 2 N–H and O–H groups in total. The molecule has 3 aliphatic rings. The number of carbonyl (C=O) groups is 4. The number of aromatic nitrogens is 1. The lowest BCUT2D eigenvalue weighted by Crippen LogP contribution is -2.60. The highest BCUT2D eigenvalue weighted by Gasteiger charge is 2.60. The van der Waals surface area contributed by atoms with Crippen molar-refractivity contribution in [2.75, 3.05) is 20.7 Å². The second-order valence-corrected chi connectivity index (χ2v) is 15.7. The molecule has 1 amide bonds. The van der Waals surface area contributed by atoms with E-state index in [0.29, 0.717) is 12.0 Å². The molecule has 56 heavy (non-hydrogen) atoms. The van der Waals surface area contributed by atoms with E-state index in [2.05, 4.69) is 22.1 Å². The van der Waals surface area contributed by atoms with Crippen molar-refractivity contribution in [2.24, 2.45) is 23.7 Å². The summed E-state index contributed by atoms with van der Waals surface area (Å²) < 4.78 is 61.7. The number of nitrogens with one attached hydrogen (secondary N) is 1. The van der Waals surface area contributed by atoms with Crippen molar-refractivity contribution in [3.8, 4) is 11.8 Å². The first-order valence-corrected chi connectivity index (χ1v) is 19.1. The number of benzene rings is 1. The van der Waals surface area contributed by atoms with Gasteiger partial charge in [-0.3, -0.25) is 14.6 Å². The number of pyridine rings is 1. The maximum Gasteiger partial charge on any atom is 0.408 e. The van der Waals surface area contributed by atoms with Gasteiger partial charge in [-0.1, -0.05) is 64.7 Å². The van der Waals surface area contributed by atoms with Crippen LogP contribution in [0.2, 0.25) is 0 Å². The Hall–Kier alpha value is -4.07. The molecule has 1 unspecified atom stereocenters. The first kappa shape index (κ1) is 43.1. The second-order valence-electron chi connectivity index (χ2n) is 15.7. The van der Waals surface area contributed by atoms with Gasteiger partial charge in [0.25, 0.3) is 0 Å². The Morgan fingerprint density at radius 2 is 1.73 bits per heavy atom. The van der Waals surface area contributed by atoms with E-state index in [9.17, 15) is 24.3 Å². The molecule has 4 heterocycles. The summed E-state index contributed by atoms with van der Waals surface area (Å²) in [5.41, 5.74) is -0.360. The zero-order valence-corrected chi connectivity index (χ0v) is 33.3. The third-order valence-corrected chi connectivity index (χ3v) is 11.6. The molecule has 13 atom stereocenters. The van der Waals surface area contributed by atoms with Crippen LogP contribution < -0.4 is 5.32 Å². The van der Waals surface area contributed by atoms with E-state index in [0.717, 1.165) is 10.9 Å². The summed E-state index contributed by atoms with van der Waals surface area (Å²) in [5, 5.41) is 14.9. The lowest BCUT2D eigenvalue weighted by atomic mass is 9.74. The Labute approximate surface area is 326 Å². The number of alkyl carbamates (subject to hydrolysis) is 1. The van der Waals surface area contributed by atoms with Crippen molar-refractivity contribution in [2.45, 2.75) is 122 Å². The van der Waals surface area contributed by atoms with Crippen LogP contribution in [0.15, 0.2) is 36.5 Å². The van der Waals surface area contributed by atoms with E-state index in [4.69, 9.17) is 23.7 Å². The molecule has 0 spiro atoms. The quantitative estimate of drug-likeness (QED) is 0.243. The first-order chi connectivity index (χ1) is 26.3. The van der Waals surface area contributed by atoms with Crippen molar-refractivity contribution < 1.29 is 56.7 Å². The molecule has 3 aliphatic heterocycles. The predicted octanol–water partition coefficient (Wildman–Crippen LogP) is 4.30. The topological polar surface area (TPSA) is 163 Å². The molecule has 3 saturated heterocycles. The number of cyclic esters (lactones) is 1. The van der Waals surface area contributed by atoms with Gasteiger partial charge in [-0.15, -0.1) is 0 Å². The van der Waals surface area contributed by atoms with Crippen LogP contribution in [0.3, 0.4) is 0 Å². The minimum atomic E-state index is -4.67. The van der Waals surface area contributed by atoms with Gasteiger partial charge in [0.05, 0.1) is 29.9 Å². The zero-order valence-electron chi connectivity index (χ0n) is 33.3. The Bertz CT molecular complexity index is 1850. The number of aliphatic hydroxyl groups is 1. The molecule has 1 aromatic carbocycles. The van der Waals surface area contributed by atoms with Gasteiger partial charge >= 0.3 is 18.0 Å². The van der Waals surface area contributed by atoms with Gasteiger partial charge in [0.1, 0.15) is 24.6 Å². The van der Waals surface area contributed by atoms with E-state index in [1.54, 1.807) is 52.9 Å². The SMILES string of the molecule is CC[C@@H]1OC(=O)C(F)(F)C(=O)[C@H](C)[C@@H](O[C@@H]2O[C@H](C)C[C@H](N(C)C)[C@H]2O)[C@H](C)[C@@H](OCC#Cc2cnc3ccccc3c2)[C@@H](C)C(=O)[C@@H](C)C2NC(=O)O[C@@]21C. The van der Waals surface area contributed by atoms with Crippen LogP contribution >= 0.6 is 0 Å². The molecular formula is C41H53F2N3O10. The number of amides is 1. The highest BCUT2D eigenvalue weighted by Crippen LogP contribution is 2.40. The molecule has 5 rings (SSSR count). The monoisotopic (exact) mass is 785 g/mol. The zero-order chi connectivity index (χ0) is 41.3. The number of Topliss-reactive ketones (excluding diaryl/α,β-unsaturated/α-hetero) is 2. The molecule has 2 aromatic rings. The number of alkyl halides is 2. The smallest absolute Gasteiger partial charge is 0.408 e. The minimum absolute atomic E-state index is 0.0912. The number of rotatable bonds is 6. The van der Waals surface area contributed by atoms with Gasteiger partial charge in [0.15, 0.2) is 11.9 Å². The van der Waals surface area contributed by atoms with E-state index in [1.165, 1.54) is 20.8 Å². The fourth-order valence-electron chi connectivity index (χ4n) is 8.40. The summed E-state index contributed by atoms with van der Waals surface area (Å²) >= 11 is 0. The number of fused-ring (bicyclic) bond motifs is 2. The van der Waals surface area contributed by atoms with E-state index in [1.807, 2.05) is 30.3 Å². The highest BCUT2D eigenvalue weighted by atomic mass is 19.3. The minimum Gasteiger partial charge on any atom is -0.453 e. The normalized spacial score (nSPS) is 36.8. The van der Waals surface area contributed by atoms with Crippen molar-refractivity contribution in [1.82, 2.24) is 15.2 Å². The van der Waals surface area contributed by atoms with Crippen molar-refractivity contribution >= 4 is 34.5 Å². The third-order valence-electron chi connectivity index (χ3n) is 11.6. The molecule has 13 nitrogen and oxygen atoms in total. The first-order valence-electron chi connectivity index (χ1n) is 19.1. The number of carbonyl (C=O) groups excluding carboxylic acids is 4. The van der Waals surface area contributed by atoms with E-state index < -0.39 is 108 Å². The van der Waals surface area contributed by atoms with Gasteiger partial charge < -0.3 is 39.0 Å². The van der Waals surface area contributed by atoms with Gasteiger partial charge in [-0.05, 0) is 52.9 Å². The average molecular weight is 786 g/mol. The average Bonchev–Trinajstić information content (AvgIpc) is 3.48. The number of halogens is 2. The molecule has 15 heteroatoms. The van der Waals surface area contributed by atoms with Gasteiger partial charge in [-0.25, -0.2) is 9.59 Å². The fraction of sp³-hybridized carbons (Fsp3) is 0.634. The van der Waals surface area contributed by atoms with Crippen LogP contribution in [0.1, 0.15) is 66.9 Å². The Balaban J connectivity index is 1.58.